The van der Waals surface area contributed by atoms with Gasteiger partial charge in [0, 0.05) is 48.8 Å². The van der Waals surface area contributed by atoms with Crippen molar-refractivity contribution in [2.45, 2.75) is 0 Å². The van der Waals surface area contributed by atoms with Crippen molar-refractivity contribution in [3.8, 4) is 0 Å². The summed E-state index contributed by atoms with van der Waals surface area (Å²) < 4.78 is 0. The number of hydrogen-bond acceptors (Lipinski definition) is 4. The van der Waals surface area contributed by atoms with Gasteiger partial charge in [-0.25, -0.2) is 0 Å². The van der Waals surface area contributed by atoms with Crippen LogP contribution in [0.15, 0.2) is 36.2 Å². The van der Waals surface area contributed by atoms with Crippen LogP contribution in [0.4, 0.5) is 0 Å². The lowest BCUT2D eigenvalue weighted by Crippen LogP contribution is -2.45. The molecule has 2 aliphatic rings. The Bertz CT molecular complexity index is 828. The molecule has 0 bridgehead atoms. The maximum absolute atomic E-state index is 12.4. The number of nitrogens with one attached hydrogen (secondary N) is 2. The monoisotopic (exact) mass is 310 g/mol. The number of imide groups is 1. The first kappa shape index (κ1) is 14.0. The Kier molecular flexibility index (Phi) is 3.20. The van der Waals surface area contributed by atoms with Gasteiger partial charge in [0.2, 0.25) is 0 Å². The molecule has 0 atom stereocenters. The number of hydrogen-bond donors (Lipinski definition) is 2. The van der Waals surface area contributed by atoms with Crippen LogP contribution in [0.3, 0.4) is 0 Å². The van der Waals surface area contributed by atoms with E-state index < -0.39 is 0 Å². The Morgan fingerprint density at radius 3 is 2.52 bits per heavy atom. The topological polar surface area (TPSA) is 68.4 Å². The first-order valence-corrected chi connectivity index (χ1v) is 7.75. The van der Waals surface area contributed by atoms with Gasteiger partial charge in [0.1, 0.15) is 5.70 Å². The molecule has 6 heteroatoms. The highest BCUT2D eigenvalue weighted by Gasteiger charge is 2.36. The molecule has 2 aliphatic heterocycles. The Morgan fingerprint density at radius 1 is 1.00 bits per heavy atom. The molecule has 1 fully saturated rings. The van der Waals surface area contributed by atoms with Crippen LogP contribution in [0.5, 0.6) is 0 Å². The van der Waals surface area contributed by atoms with Crippen LogP contribution in [0.2, 0.25) is 0 Å². The van der Waals surface area contributed by atoms with E-state index >= 15 is 0 Å². The van der Waals surface area contributed by atoms with Gasteiger partial charge >= 0.3 is 0 Å². The second kappa shape index (κ2) is 5.24. The number of carbonyl (C=O) groups excluding carboxylic acids is 2. The van der Waals surface area contributed by atoms with Gasteiger partial charge in [-0.3, -0.25) is 14.9 Å². The van der Waals surface area contributed by atoms with E-state index in [0.717, 1.165) is 42.6 Å². The molecule has 1 aromatic carbocycles. The average molecular weight is 310 g/mol. The third kappa shape index (κ3) is 2.22. The molecule has 2 N–H and O–H groups in total. The zero-order valence-corrected chi connectivity index (χ0v) is 12.9. The van der Waals surface area contributed by atoms with E-state index in [2.05, 4.69) is 22.2 Å². The second-order valence-corrected chi connectivity index (χ2v) is 6.05. The lowest BCUT2D eigenvalue weighted by molar-refractivity contribution is -0.124. The van der Waals surface area contributed by atoms with E-state index in [1.165, 1.54) is 0 Å². The fraction of sp³-hybridized carbons (Fsp3) is 0.294. The maximum atomic E-state index is 12.4. The maximum Gasteiger partial charge on any atom is 0.275 e. The summed E-state index contributed by atoms with van der Waals surface area (Å²) in [6.07, 6.45) is 1.81. The van der Waals surface area contributed by atoms with E-state index in [4.69, 9.17) is 0 Å². The molecule has 23 heavy (non-hydrogen) atoms. The fourth-order valence-corrected chi connectivity index (χ4v) is 3.31. The number of rotatable bonds is 2. The third-order valence-corrected chi connectivity index (χ3v) is 4.58. The van der Waals surface area contributed by atoms with Crippen LogP contribution in [-0.2, 0) is 9.59 Å². The Morgan fingerprint density at radius 2 is 1.74 bits per heavy atom. The molecule has 0 aliphatic carbocycles. The molecule has 4 rings (SSSR count). The largest absolute Gasteiger partial charge is 0.364 e. The van der Waals surface area contributed by atoms with Gasteiger partial charge in [0.05, 0.1) is 5.57 Å². The highest BCUT2D eigenvalue weighted by molar-refractivity contribution is 6.37. The van der Waals surface area contributed by atoms with Gasteiger partial charge in [-0.05, 0) is 13.1 Å². The van der Waals surface area contributed by atoms with E-state index in [1.807, 2.05) is 35.4 Å². The summed E-state index contributed by atoms with van der Waals surface area (Å²) in [7, 11) is 2.06. The van der Waals surface area contributed by atoms with Crippen molar-refractivity contribution in [2.75, 3.05) is 33.2 Å². The van der Waals surface area contributed by atoms with Crippen molar-refractivity contribution in [1.29, 1.82) is 0 Å². The quantitative estimate of drug-likeness (QED) is 0.805. The van der Waals surface area contributed by atoms with Crippen molar-refractivity contribution in [3.63, 3.8) is 0 Å². The number of aromatic nitrogens is 1. The molecule has 118 valence electrons. The summed E-state index contributed by atoms with van der Waals surface area (Å²) in [5.41, 5.74) is 2.74. The van der Waals surface area contributed by atoms with E-state index in [0.29, 0.717) is 11.3 Å². The summed E-state index contributed by atoms with van der Waals surface area (Å²) in [6, 6.07) is 7.80. The van der Waals surface area contributed by atoms with Crippen molar-refractivity contribution < 1.29 is 9.59 Å². The van der Waals surface area contributed by atoms with Crippen LogP contribution in [-0.4, -0.2) is 59.8 Å². The van der Waals surface area contributed by atoms with E-state index in [1.54, 1.807) is 0 Å². The molecule has 0 saturated carbocycles. The van der Waals surface area contributed by atoms with Crippen molar-refractivity contribution >= 4 is 28.3 Å². The molecule has 0 unspecified atom stereocenters. The third-order valence-electron chi connectivity index (χ3n) is 4.58. The van der Waals surface area contributed by atoms with Crippen LogP contribution < -0.4 is 5.32 Å². The van der Waals surface area contributed by atoms with Crippen molar-refractivity contribution in [3.05, 3.63) is 41.7 Å². The van der Waals surface area contributed by atoms with Gasteiger partial charge in [-0.15, -0.1) is 0 Å². The number of para-hydroxylation sites is 1. The molecule has 6 nitrogen and oxygen atoms in total. The normalized spacial score (nSPS) is 19.8. The first-order chi connectivity index (χ1) is 11.1. The van der Waals surface area contributed by atoms with Crippen molar-refractivity contribution in [1.82, 2.24) is 20.1 Å². The Hall–Kier alpha value is -2.60. The number of nitrogens with zero attached hydrogens (tertiary/aromatic N) is 2. The molecule has 2 amide bonds. The number of benzene rings is 1. The smallest absolute Gasteiger partial charge is 0.275 e. The van der Waals surface area contributed by atoms with Crippen LogP contribution in [0.1, 0.15) is 5.56 Å². The SMILES string of the molecule is CN1CCN(C2=C(c3c[nH]c4ccccc34)C(=O)NC2=O)CC1. The lowest BCUT2D eigenvalue weighted by atomic mass is 10.0. The number of aromatic amines is 1. The number of amides is 2. The predicted molar refractivity (Wildman–Crippen MR) is 87.4 cm³/mol. The molecule has 0 spiro atoms. The predicted octanol–water partition coefficient (Wildman–Crippen LogP) is 0.783. The summed E-state index contributed by atoms with van der Waals surface area (Å²) in [5.74, 6) is -0.603. The zero-order chi connectivity index (χ0) is 16.0. The number of H-pyrrole nitrogens is 1. The van der Waals surface area contributed by atoms with Crippen LogP contribution >= 0.6 is 0 Å². The molecule has 1 saturated heterocycles. The molecule has 0 radical (unpaired) electrons. The van der Waals surface area contributed by atoms with Gasteiger partial charge in [0.15, 0.2) is 0 Å². The molecular weight excluding hydrogens is 292 g/mol. The van der Waals surface area contributed by atoms with Crippen LogP contribution in [0, 0.1) is 0 Å². The lowest BCUT2D eigenvalue weighted by Gasteiger charge is -2.34. The molecule has 2 aromatic rings. The van der Waals surface area contributed by atoms with Gasteiger partial charge in [-0.1, -0.05) is 18.2 Å². The average Bonchev–Trinajstić information content (AvgIpc) is 3.08. The minimum atomic E-state index is -0.311. The van der Waals surface area contributed by atoms with Gasteiger partial charge in [0.25, 0.3) is 11.8 Å². The van der Waals surface area contributed by atoms with Gasteiger partial charge < -0.3 is 14.8 Å². The number of carbonyl (C=O) groups is 2. The molecule has 1 aromatic heterocycles. The zero-order valence-electron chi connectivity index (χ0n) is 12.9. The highest BCUT2D eigenvalue weighted by Crippen LogP contribution is 2.32. The molecule has 3 heterocycles. The van der Waals surface area contributed by atoms with E-state index in [9.17, 15) is 9.59 Å². The summed E-state index contributed by atoms with van der Waals surface area (Å²) in [5, 5.41) is 3.41. The number of likely N-dealkylation sites (N-methyl/N-ethyl adjacent to an activating group) is 1. The number of fused-ring (bicyclic) bond motifs is 1. The Balaban J connectivity index is 1.85. The highest BCUT2D eigenvalue weighted by atomic mass is 16.2. The summed E-state index contributed by atoms with van der Waals surface area (Å²) in [6.45, 7) is 3.26. The summed E-state index contributed by atoms with van der Waals surface area (Å²) in [4.78, 5) is 32.2. The number of piperazine rings is 1. The minimum Gasteiger partial charge on any atom is -0.364 e. The minimum absolute atomic E-state index is 0.292. The van der Waals surface area contributed by atoms with Crippen molar-refractivity contribution in [2.24, 2.45) is 0 Å². The molecular formula is C17H18N4O2. The first-order valence-electron chi connectivity index (χ1n) is 7.75. The second-order valence-electron chi connectivity index (χ2n) is 6.05. The Labute approximate surface area is 133 Å². The van der Waals surface area contributed by atoms with Gasteiger partial charge in [-0.2, -0.15) is 0 Å². The fourth-order valence-electron chi connectivity index (χ4n) is 3.31. The van der Waals surface area contributed by atoms with Crippen LogP contribution in [0.25, 0.3) is 16.5 Å². The van der Waals surface area contributed by atoms with E-state index in [-0.39, 0.29) is 11.8 Å². The standard InChI is InChI=1S/C17H18N4O2/c1-20-6-8-21(9-7-20)15-14(16(22)19-17(15)23)12-10-18-13-5-3-2-4-11(12)13/h2-5,10,18H,6-9H2,1H3,(H,19,22,23). The summed E-state index contributed by atoms with van der Waals surface area (Å²) >= 11 is 0.